The molecule has 1 aromatic rings. The van der Waals surface area contributed by atoms with Gasteiger partial charge in [-0.25, -0.2) is 9.59 Å². The Morgan fingerprint density at radius 3 is 2.54 bits per heavy atom. The van der Waals surface area contributed by atoms with E-state index in [9.17, 15) is 9.59 Å². The maximum absolute atomic E-state index is 12.8. The van der Waals surface area contributed by atoms with Crippen LogP contribution in [0.3, 0.4) is 0 Å². The number of ether oxygens (including phenoxy) is 2. The van der Waals surface area contributed by atoms with E-state index in [1.54, 1.807) is 34.6 Å². The molecule has 3 rings (SSSR count). The first-order valence-electron chi connectivity index (χ1n) is 9.59. The number of nitrogens with zero attached hydrogens (tertiary/aromatic N) is 2. The summed E-state index contributed by atoms with van der Waals surface area (Å²) in [6.07, 6.45) is 0.0105. The first-order chi connectivity index (χ1) is 13.1. The largest absolute Gasteiger partial charge is 0.461 e. The quantitative estimate of drug-likeness (QED) is 0.741. The van der Waals surface area contributed by atoms with Crippen molar-refractivity contribution in [1.82, 2.24) is 4.90 Å². The monoisotopic (exact) mass is 388 g/mol. The summed E-state index contributed by atoms with van der Waals surface area (Å²) in [5.41, 5.74) is 0.364. The molecule has 1 amide bonds. The number of carbonyl (C=O) groups is 2. The van der Waals surface area contributed by atoms with E-state index in [0.29, 0.717) is 12.8 Å². The van der Waals surface area contributed by atoms with Crippen molar-refractivity contribution in [3.05, 3.63) is 35.9 Å². The van der Waals surface area contributed by atoms with Gasteiger partial charge in [-0.1, -0.05) is 35.5 Å². The van der Waals surface area contributed by atoms with Crippen LogP contribution in [0.25, 0.3) is 0 Å². The smallest absolute Gasteiger partial charge is 0.411 e. The van der Waals surface area contributed by atoms with E-state index in [1.807, 2.05) is 30.3 Å². The number of hydrogen-bond donors (Lipinski definition) is 0. The summed E-state index contributed by atoms with van der Waals surface area (Å²) in [4.78, 5) is 32.6. The fourth-order valence-electron chi connectivity index (χ4n) is 3.48. The maximum Gasteiger partial charge on any atom is 0.411 e. The van der Waals surface area contributed by atoms with Crippen molar-refractivity contribution in [2.45, 2.75) is 70.8 Å². The predicted molar refractivity (Wildman–Crippen MR) is 104 cm³/mol. The molecular weight excluding hydrogens is 360 g/mol. The molecule has 1 spiro atoms. The van der Waals surface area contributed by atoms with Crippen LogP contribution in [0.4, 0.5) is 4.79 Å². The zero-order chi connectivity index (χ0) is 20.5. The Bertz CT molecular complexity index is 769. The minimum Gasteiger partial charge on any atom is -0.461 e. The molecule has 152 valence electrons. The van der Waals surface area contributed by atoms with Crippen molar-refractivity contribution in [3.63, 3.8) is 0 Å². The summed E-state index contributed by atoms with van der Waals surface area (Å²) in [5, 5.41) is 4.25. The number of benzene rings is 1. The number of oxime groups is 1. The lowest BCUT2D eigenvalue weighted by atomic mass is 9.92. The molecule has 0 bridgehead atoms. The standard InChI is InChI=1S/C21H28N2O5/c1-14(2)26-18(24)17-12-21(13-23(17)19(25)27-20(3,4)5)11-16(22-28-21)15-9-7-6-8-10-15/h6-10,14,17H,11-13H2,1-5H3/t17-,21+/m0/s1. The minimum absolute atomic E-state index is 0.222. The van der Waals surface area contributed by atoms with Crippen LogP contribution in [0.15, 0.2) is 35.5 Å². The zero-order valence-corrected chi connectivity index (χ0v) is 17.1. The molecule has 2 aliphatic heterocycles. The van der Waals surface area contributed by atoms with Crippen LogP contribution >= 0.6 is 0 Å². The van der Waals surface area contributed by atoms with Gasteiger partial charge in [0, 0.05) is 12.8 Å². The summed E-state index contributed by atoms with van der Waals surface area (Å²) in [6, 6.07) is 8.98. The van der Waals surface area contributed by atoms with Gasteiger partial charge in [-0.15, -0.1) is 0 Å². The predicted octanol–water partition coefficient (Wildman–Crippen LogP) is 3.51. The van der Waals surface area contributed by atoms with Crippen LogP contribution in [-0.2, 0) is 19.1 Å². The van der Waals surface area contributed by atoms with Crippen LogP contribution in [0.1, 0.15) is 53.0 Å². The summed E-state index contributed by atoms with van der Waals surface area (Å²) in [6.45, 7) is 9.16. The Labute approximate surface area is 165 Å². The first kappa shape index (κ1) is 20.2. The van der Waals surface area contributed by atoms with Crippen molar-refractivity contribution < 1.29 is 23.9 Å². The lowest BCUT2D eigenvalue weighted by molar-refractivity contribution is -0.152. The molecule has 0 radical (unpaired) electrons. The topological polar surface area (TPSA) is 77.4 Å². The lowest BCUT2D eigenvalue weighted by Crippen LogP contribution is -2.45. The first-order valence-corrected chi connectivity index (χ1v) is 9.59. The molecule has 0 saturated carbocycles. The molecule has 1 fully saturated rings. The molecule has 2 atom stereocenters. The molecule has 2 heterocycles. The van der Waals surface area contributed by atoms with E-state index >= 15 is 0 Å². The van der Waals surface area contributed by atoms with Gasteiger partial charge in [-0.05, 0) is 40.2 Å². The molecule has 0 unspecified atom stereocenters. The summed E-state index contributed by atoms with van der Waals surface area (Å²) in [7, 11) is 0. The number of rotatable bonds is 3. The minimum atomic E-state index is -0.762. The summed E-state index contributed by atoms with van der Waals surface area (Å²) < 4.78 is 10.9. The summed E-state index contributed by atoms with van der Waals surface area (Å²) >= 11 is 0. The van der Waals surface area contributed by atoms with E-state index in [2.05, 4.69) is 5.16 Å². The average Bonchev–Trinajstić information content (AvgIpc) is 3.18. The molecular formula is C21H28N2O5. The highest BCUT2D eigenvalue weighted by atomic mass is 16.7. The number of amides is 1. The highest BCUT2D eigenvalue weighted by molar-refractivity contribution is 6.01. The number of carbonyl (C=O) groups excluding carboxylic acids is 2. The van der Waals surface area contributed by atoms with Crippen molar-refractivity contribution in [2.75, 3.05) is 6.54 Å². The number of hydrogen-bond acceptors (Lipinski definition) is 6. The number of likely N-dealkylation sites (tertiary alicyclic amines) is 1. The summed E-state index contributed by atoms with van der Waals surface area (Å²) in [5.74, 6) is -0.450. The van der Waals surface area contributed by atoms with E-state index < -0.39 is 29.3 Å². The Morgan fingerprint density at radius 1 is 1.25 bits per heavy atom. The molecule has 0 aliphatic carbocycles. The van der Waals surface area contributed by atoms with Crippen molar-refractivity contribution in [3.8, 4) is 0 Å². The third kappa shape index (κ3) is 4.46. The van der Waals surface area contributed by atoms with Gasteiger partial charge in [0.2, 0.25) is 0 Å². The maximum atomic E-state index is 12.8. The second-order valence-electron chi connectivity index (χ2n) is 8.67. The van der Waals surface area contributed by atoms with Crippen molar-refractivity contribution >= 4 is 17.8 Å². The lowest BCUT2D eigenvalue weighted by Gasteiger charge is -2.28. The van der Waals surface area contributed by atoms with Gasteiger partial charge in [0.1, 0.15) is 11.6 Å². The van der Waals surface area contributed by atoms with Crippen LogP contribution in [0.5, 0.6) is 0 Å². The SMILES string of the molecule is CC(C)OC(=O)[C@@H]1C[C@]2(CC(c3ccccc3)=NO2)CN1C(=O)OC(C)(C)C. The fraction of sp³-hybridized carbons (Fsp3) is 0.571. The van der Waals surface area contributed by atoms with E-state index in [-0.39, 0.29) is 12.6 Å². The Balaban J connectivity index is 1.80. The Kier molecular flexibility index (Phi) is 5.37. The molecule has 1 saturated heterocycles. The highest BCUT2D eigenvalue weighted by Gasteiger charge is 2.55. The van der Waals surface area contributed by atoms with E-state index in [0.717, 1.165) is 11.3 Å². The van der Waals surface area contributed by atoms with Crippen molar-refractivity contribution in [2.24, 2.45) is 5.16 Å². The van der Waals surface area contributed by atoms with Crippen LogP contribution in [0, 0.1) is 0 Å². The molecule has 0 aromatic heterocycles. The Morgan fingerprint density at radius 2 is 1.93 bits per heavy atom. The van der Waals surface area contributed by atoms with Gasteiger partial charge in [-0.3, -0.25) is 4.90 Å². The van der Waals surface area contributed by atoms with Gasteiger partial charge in [0.25, 0.3) is 0 Å². The second kappa shape index (κ2) is 7.45. The normalized spacial score (nSPS) is 24.3. The van der Waals surface area contributed by atoms with Gasteiger partial charge in [-0.2, -0.15) is 0 Å². The van der Waals surface area contributed by atoms with Crippen LogP contribution in [0.2, 0.25) is 0 Å². The van der Waals surface area contributed by atoms with Gasteiger partial charge in [0.05, 0.1) is 18.4 Å². The molecule has 28 heavy (non-hydrogen) atoms. The van der Waals surface area contributed by atoms with E-state index in [1.165, 1.54) is 4.90 Å². The molecule has 2 aliphatic rings. The van der Waals surface area contributed by atoms with Crippen LogP contribution < -0.4 is 0 Å². The molecule has 7 nitrogen and oxygen atoms in total. The van der Waals surface area contributed by atoms with Gasteiger partial charge >= 0.3 is 12.1 Å². The molecule has 0 N–H and O–H groups in total. The average molecular weight is 388 g/mol. The van der Waals surface area contributed by atoms with Crippen molar-refractivity contribution in [1.29, 1.82) is 0 Å². The fourth-order valence-corrected chi connectivity index (χ4v) is 3.48. The highest BCUT2D eigenvalue weighted by Crippen LogP contribution is 2.39. The van der Waals surface area contributed by atoms with Gasteiger partial charge < -0.3 is 14.3 Å². The number of esters is 1. The Hall–Kier alpha value is -2.57. The third-order valence-corrected chi connectivity index (χ3v) is 4.60. The zero-order valence-electron chi connectivity index (χ0n) is 17.1. The third-order valence-electron chi connectivity index (χ3n) is 4.60. The second-order valence-corrected chi connectivity index (χ2v) is 8.67. The molecule has 7 heteroatoms. The van der Waals surface area contributed by atoms with Crippen LogP contribution in [-0.4, -0.2) is 52.6 Å². The molecule has 1 aromatic carbocycles. The van der Waals surface area contributed by atoms with E-state index in [4.69, 9.17) is 14.3 Å². The van der Waals surface area contributed by atoms with Gasteiger partial charge in [0.15, 0.2) is 5.60 Å².